The Kier molecular flexibility index (Phi) is 7.41. The van der Waals surface area contributed by atoms with Gasteiger partial charge in [0.15, 0.2) is 5.78 Å². The fourth-order valence-corrected chi connectivity index (χ4v) is 2.19. The van der Waals surface area contributed by atoms with Gasteiger partial charge < -0.3 is 10.6 Å². The van der Waals surface area contributed by atoms with Crippen molar-refractivity contribution in [2.75, 3.05) is 25.0 Å². The number of hydrogen-bond donors (Lipinski definition) is 2. The molecule has 0 heterocycles. The van der Waals surface area contributed by atoms with Gasteiger partial charge in [0.25, 0.3) is 0 Å². The summed E-state index contributed by atoms with van der Waals surface area (Å²) in [5, 5.41) is 5.52. The average Bonchev–Trinajstić information content (AvgIpc) is 2.52. The Bertz CT molecular complexity index is 572. The molecule has 1 rings (SSSR count). The van der Waals surface area contributed by atoms with E-state index in [0.717, 1.165) is 0 Å². The number of Topliss-reactive ketones (excluding diaryl/α,β-unsaturated/α-hetero) is 1. The zero-order chi connectivity index (χ0) is 17.4. The van der Waals surface area contributed by atoms with E-state index in [9.17, 15) is 14.4 Å². The molecular weight excluding hydrogens is 294 g/mol. The number of nitrogens with one attached hydrogen (secondary N) is 2. The van der Waals surface area contributed by atoms with Crippen LogP contribution in [0.1, 0.15) is 38.1 Å². The van der Waals surface area contributed by atoms with E-state index < -0.39 is 6.04 Å². The monoisotopic (exact) mass is 319 g/mol. The van der Waals surface area contributed by atoms with Gasteiger partial charge in [-0.15, -0.1) is 0 Å². The van der Waals surface area contributed by atoms with Crippen LogP contribution in [0.25, 0.3) is 0 Å². The topological polar surface area (TPSA) is 78.5 Å². The molecule has 0 aliphatic carbocycles. The van der Waals surface area contributed by atoms with Crippen LogP contribution >= 0.6 is 0 Å². The highest BCUT2D eigenvalue weighted by atomic mass is 16.2. The van der Waals surface area contributed by atoms with Gasteiger partial charge >= 0.3 is 0 Å². The van der Waals surface area contributed by atoms with Crippen LogP contribution in [-0.4, -0.2) is 48.2 Å². The zero-order valence-electron chi connectivity index (χ0n) is 14.2. The molecule has 0 radical (unpaired) electrons. The van der Waals surface area contributed by atoms with Gasteiger partial charge in [-0.3, -0.25) is 19.3 Å². The molecule has 6 nitrogen and oxygen atoms in total. The van der Waals surface area contributed by atoms with Crippen LogP contribution in [0.15, 0.2) is 24.3 Å². The summed E-state index contributed by atoms with van der Waals surface area (Å²) in [5.74, 6) is -0.370. The highest BCUT2D eigenvalue weighted by molar-refractivity contribution is 5.98. The first kappa shape index (κ1) is 18.8. The minimum Gasteiger partial charge on any atom is -0.355 e. The standard InChI is InChI=1S/C17H25N3O3/c1-5-18-16(22)11-20(6-2)12(3)17(23)19-15-9-7-8-14(10-15)13(4)21/h7-10,12H,5-6,11H2,1-4H3,(H,18,22)(H,19,23)/t12-/m1/s1. The van der Waals surface area contributed by atoms with Gasteiger partial charge in [-0.1, -0.05) is 19.1 Å². The Morgan fingerprint density at radius 3 is 2.48 bits per heavy atom. The molecule has 0 fully saturated rings. The lowest BCUT2D eigenvalue weighted by molar-refractivity contribution is -0.125. The molecule has 1 aromatic rings. The van der Waals surface area contributed by atoms with E-state index in [1.165, 1.54) is 6.92 Å². The Hall–Kier alpha value is -2.21. The first-order valence-corrected chi connectivity index (χ1v) is 7.81. The number of amides is 2. The molecule has 2 amide bonds. The molecule has 0 aliphatic heterocycles. The number of benzene rings is 1. The lowest BCUT2D eigenvalue weighted by atomic mass is 10.1. The van der Waals surface area contributed by atoms with Crippen molar-refractivity contribution in [2.45, 2.75) is 33.7 Å². The molecule has 0 saturated carbocycles. The van der Waals surface area contributed by atoms with Gasteiger partial charge in [0.2, 0.25) is 11.8 Å². The smallest absolute Gasteiger partial charge is 0.241 e. The van der Waals surface area contributed by atoms with E-state index in [4.69, 9.17) is 0 Å². The summed E-state index contributed by atoms with van der Waals surface area (Å²) in [4.78, 5) is 37.2. The van der Waals surface area contributed by atoms with Gasteiger partial charge in [-0.25, -0.2) is 0 Å². The van der Waals surface area contributed by atoms with Crippen molar-refractivity contribution in [2.24, 2.45) is 0 Å². The van der Waals surface area contributed by atoms with Gasteiger partial charge in [0.05, 0.1) is 12.6 Å². The maximum absolute atomic E-state index is 12.4. The predicted octanol–water partition coefficient (Wildman–Crippen LogP) is 1.67. The van der Waals surface area contributed by atoms with Crippen LogP contribution in [0.3, 0.4) is 0 Å². The number of anilines is 1. The molecule has 0 spiro atoms. The maximum atomic E-state index is 12.4. The number of carbonyl (C=O) groups excluding carboxylic acids is 3. The minimum atomic E-state index is -0.455. The first-order valence-electron chi connectivity index (χ1n) is 7.81. The van der Waals surface area contributed by atoms with E-state index in [1.54, 1.807) is 36.1 Å². The summed E-state index contributed by atoms with van der Waals surface area (Å²) in [5.41, 5.74) is 1.12. The van der Waals surface area contributed by atoms with Crippen molar-refractivity contribution in [3.63, 3.8) is 0 Å². The third-order valence-electron chi connectivity index (χ3n) is 3.59. The normalized spacial score (nSPS) is 11.9. The summed E-state index contributed by atoms with van der Waals surface area (Å²) >= 11 is 0. The molecule has 0 unspecified atom stereocenters. The van der Waals surface area contributed by atoms with Crippen molar-refractivity contribution >= 4 is 23.3 Å². The number of hydrogen-bond acceptors (Lipinski definition) is 4. The highest BCUT2D eigenvalue weighted by Crippen LogP contribution is 2.12. The molecule has 0 aliphatic rings. The molecule has 6 heteroatoms. The lowest BCUT2D eigenvalue weighted by Gasteiger charge is -2.26. The fourth-order valence-electron chi connectivity index (χ4n) is 2.19. The van der Waals surface area contributed by atoms with E-state index >= 15 is 0 Å². The third kappa shape index (κ3) is 5.83. The van der Waals surface area contributed by atoms with Crippen LogP contribution in [-0.2, 0) is 9.59 Å². The molecular formula is C17H25N3O3. The Morgan fingerprint density at radius 2 is 1.91 bits per heavy atom. The van der Waals surface area contributed by atoms with Crippen molar-refractivity contribution in [3.8, 4) is 0 Å². The summed E-state index contributed by atoms with van der Waals surface area (Å²) in [7, 11) is 0. The van der Waals surface area contributed by atoms with Crippen LogP contribution in [0.2, 0.25) is 0 Å². The third-order valence-corrected chi connectivity index (χ3v) is 3.59. The second-order valence-electron chi connectivity index (χ2n) is 5.32. The van der Waals surface area contributed by atoms with E-state index in [0.29, 0.717) is 24.3 Å². The molecule has 0 saturated heterocycles. The Balaban J connectivity index is 2.73. The van der Waals surface area contributed by atoms with E-state index in [2.05, 4.69) is 10.6 Å². The second kappa shape index (κ2) is 9.05. The number of rotatable bonds is 8. The van der Waals surface area contributed by atoms with Crippen molar-refractivity contribution < 1.29 is 14.4 Å². The number of nitrogens with zero attached hydrogens (tertiary/aromatic N) is 1. The summed E-state index contributed by atoms with van der Waals surface area (Å²) in [6, 6.07) is 6.35. The van der Waals surface area contributed by atoms with Crippen molar-refractivity contribution in [1.29, 1.82) is 0 Å². The van der Waals surface area contributed by atoms with Gasteiger partial charge in [-0.05, 0) is 39.4 Å². The SMILES string of the molecule is CCNC(=O)CN(CC)[C@H](C)C(=O)Nc1cccc(C(C)=O)c1. The second-order valence-corrected chi connectivity index (χ2v) is 5.32. The van der Waals surface area contributed by atoms with Gasteiger partial charge in [0, 0.05) is 17.8 Å². The van der Waals surface area contributed by atoms with Crippen LogP contribution in [0.5, 0.6) is 0 Å². The van der Waals surface area contributed by atoms with Gasteiger partial charge in [0.1, 0.15) is 0 Å². The quantitative estimate of drug-likeness (QED) is 0.715. The van der Waals surface area contributed by atoms with Gasteiger partial charge in [-0.2, -0.15) is 0 Å². The Labute approximate surface area is 137 Å². The van der Waals surface area contributed by atoms with E-state index in [-0.39, 0.29) is 24.1 Å². The summed E-state index contributed by atoms with van der Waals surface area (Å²) in [6.07, 6.45) is 0. The number of likely N-dealkylation sites (N-methyl/N-ethyl adjacent to an activating group) is 2. The van der Waals surface area contributed by atoms with Crippen molar-refractivity contribution in [1.82, 2.24) is 10.2 Å². The molecule has 0 bridgehead atoms. The van der Waals surface area contributed by atoms with Crippen LogP contribution in [0.4, 0.5) is 5.69 Å². The molecule has 1 atom stereocenters. The van der Waals surface area contributed by atoms with E-state index in [1.807, 2.05) is 13.8 Å². The summed E-state index contributed by atoms with van der Waals surface area (Å²) in [6.45, 7) is 8.31. The fraction of sp³-hybridized carbons (Fsp3) is 0.471. The number of carbonyl (C=O) groups is 3. The first-order chi connectivity index (χ1) is 10.9. The lowest BCUT2D eigenvalue weighted by Crippen LogP contribution is -2.46. The number of ketones is 1. The molecule has 1 aromatic carbocycles. The maximum Gasteiger partial charge on any atom is 0.241 e. The van der Waals surface area contributed by atoms with Crippen LogP contribution in [0, 0.1) is 0 Å². The largest absolute Gasteiger partial charge is 0.355 e. The molecule has 23 heavy (non-hydrogen) atoms. The predicted molar refractivity (Wildman–Crippen MR) is 90.5 cm³/mol. The molecule has 0 aromatic heterocycles. The minimum absolute atomic E-state index is 0.0550. The Morgan fingerprint density at radius 1 is 1.22 bits per heavy atom. The highest BCUT2D eigenvalue weighted by Gasteiger charge is 2.22. The molecule has 2 N–H and O–H groups in total. The average molecular weight is 319 g/mol. The molecule has 126 valence electrons. The summed E-state index contributed by atoms with van der Waals surface area (Å²) < 4.78 is 0. The van der Waals surface area contributed by atoms with Crippen molar-refractivity contribution in [3.05, 3.63) is 29.8 Å². The zero-order valence-corrected chi connectivity index (χ0v) is 14.2. The van der Waals surface area contributed by atoms with Crippen LogP contribution < -0.4 is 10.6 Å².